The van der Waals surface area contributed by atoms with E-state index in [-0.39, 0.29) is 26.6 Å². The lowest BCUT2D eigenvalue weighted by molar-refractivity contribution is -0.132. The summed E-state index contributed by atoms with van der Waals surface area (Å²) in [5.74, 6) is -1.89. The third-order valence-corrected chi connectivity index (χ3v) is 6.49. The molecular formula is C28H34N6O3. The monoisotopic (exact) mass is 504 g/mol. The first-order valence-electron chi connectivity index (χ1n) is 13.4. The van der Waals surface area contributed by atoms with Crippen LogP contribution in [0.5, 0.6) is 0 Å². The van der Waals surface area contributed by atoms with Gasteiger partial charge in [0.2, 0.25) is 17.7 Å². The molecule has 4 rings (SSSR count). The number of nitrogens with one attached hydrogen (secondary N) is 4. The van der Waals surface area contributed by atoms with Crippen LogP contribution in [0.3, 0.4) is 0 Å². The predicted molar refractivity (Wildman–Crippen MR) is 145 cm³/mol. The smallest absolute Gasteiger partial charge is 0.243 e. The first kappa shape index (κ1) is 23.3. The maximum Gasteiger partial charge on any atom is 0.243 e. The molecule has 8 N–H and O–H groups in total. The molecule has 0 spiro atoms. The van der Waals surface area contributed by atoms with Gasteiger partial charge in [0.15, 0.2) is 0 Å². The number of primary amides is 1. The van der Waals surface area contributed by atoms with Crippen molar-refractivity contribution < 1.29 is 17.1 Å². The van der Waals surface area contributed by atoms with Gasteiger partial charge in [-0.05, 0) is 50.9 Å². The van der Waals surface area contributed by atoms with E-state index in [0.29, 0.717) is 11.4 Å². The zero-order valence-corrected chi connectivity index (χ0v) is 21.0. The Morgan fingerprint density at radius 2 is 1.35 bits per heavy atom. The Labute approximate surface area is 218 Å². The van der Waals surface area contributed by atoms with Crippen molar-refractivity contribution in [2.24, 2.45) is 11.5 Å². The number of benzene rings is 2. The maximum atomic E-state index is 13.7. The van der Waals surface area contributed by atoms with E-state index < -0.39 is 35.3 Å². The van der Waals surface area contributed by atoms with Crippen LogP contribution in [0.25, 0.3) is 21.8 Å². The second kappa shape index (κ2) is 10.1. The average Bonchev–Trinajstić information content (AvgIpc) is 3.44. The van der Waals surface area contributed by atoms with E-state index in [4.69, 9.17) is 14.2 Å². The number of carbonyl (C=O) groups is 3. The molecule has 2 heterocycles. The van der Waals surface area contributed by atoms with Crippen LogP contribution >= 0.6 is 0 Å². The number of aromatic amines is 2. The summed E-state index contributed by atoms with van der Waals surface area (Å²) in [6, 6.07) is 12.8. The molecule has 0 aliphatic rings. The van der Waals surface area contributed by atoms with Crippen molar-refractivity contribution in [3.63, 3.8) is 0 Å². The zero-order chi connectivity index (χ0) is 28.3. The molecule has 0 saturated heterocycles. The Kier molecular flexibility index (Phi) is 6.36. The molecule has 2 aromatic heterocycles. The lowest BCUT2D eigenvalue weighted by Crippen LogP contribution is -2.58. The van der Waals surface area contributed by atoms with Crippen LogP contribution in [-0.4, -0.2) is 45.3 Å². The zero-order valence-electron chi connectivity index (χ0n) is 23.0. The number of fused-ring (bicyclic) bond motifs is 2. The van der Waals surface area contributed by atoms with Crippen molar-refractivity contribution in [1.29, 1.82) is 0 Å². The molecule has 3 amide bonds. The number of aryl methyl sites for hydroxylation is 2. The molecule has 0 fully saturated rings. The fraction of sp³-hybridized carbons (Fsp3) is 0.321. The molecule has 0 radical (unpaired) electrons. The minimum atomic E-state index is -1.26. The van der Waals surface area contributed by atoms with Gasteiger partial charge in [-0.2, -0.15) is 0 Å². The van der Waals surface area contributed by atoms with Crippen LogP contribution in [0.15, 0.2) is 48.5 Å². The average molecular weight is 505 g/mol. The molecule has 0 unspecified atom stereocenters. The summed E-state index contributed by atoms with van der Waals surface area (Å²) >= 11 is 0. The molecule has 2 aromatic carbocycles. The van der Waals surface area contributed by atoms with Gasteiger partial charge in [0, 0.05) is 48.8 Å². The Morgan fingerprint density at radius 3 is 1.81 bits per heavy atom. The molecule has 0 bridgehead atoms. The summed E-state index contributed by atoms with van der Waals surface area (Å²) in [5.41, 5.74) is 14.8. The molecule has 9 nitrogen and oxygen atoms in total. The van der Waals surface area contributed by atoms with Crippen molar-refractivity contribution in [1.82, 2.24) is 20.6 Å². The fourth-order valence-electron chi connectivity index (χ4n) is 4.43. The van der Waals surface area contributed by atoms with Crippen LogP contribution in [0.2, 0.25) is 0 Å². The largest absolute Gasteiger partial charge is 0.368 e. The molecule has 4 aromatic rings. The van der Waals surface area contributed by atoms with Crippen LogP contribution in [0, 0.1) is 13.8 Å². The van der Waals surface area contributed by atoms with Gasteiger partial charge in [0.25, 0.3) is 0 Å². The number of nitrogens with two attached hydrogens (primary N) is 2. The first-order valence-corrected chi connectivity index (χ1v) is 12.0. The summed E-state index contributed by atoms with van der Waals surface area (Å²) < 4.78 is 15.9. The molecule has 0 aliphatic heterocycles. The second-order valence-electron chi connectivity index (χ2n) is 9.87. The highest BCUT2D eigenvalue weighted by atomic mass is 16.2. The third kappa shape index (κ3) is 5.51. The highest BCUT2D eigenvalue weighted by Crippen LogP contribution is 2.25. The summed E-state index contributed by atoms with van der Waals surface area (Å²) in [6.07, 6.45) is 0.149. The lowest BCUT2D eigenvalue weighted by Gasteiger charge is -2.26. The number of hydrogen-bond donors (Lipinski definition) is 6. The molecule has 2 atom stereocenters. The number of rotatable bonds is 9. The third-order valence-electron chi connectivity index (χ3n) is 6.49. The maximum absolute atomic E-state index is 13.7. The summed E-state index contributed by atoms with van der Waals surface area (Å²) in [6.45, 7) is 2.98. The van der Waals surface area contributed by atoms with E-state index in [0.717, 1.165) is 32.9 Å². The minimum absolute atomic E-state index is 0.0375. The van der Waals surface area contributed by atoms with Crippen LogP contribution in [0.4, 0.5) is 0 Å². The summed E-state index contributed by atoms with van der Waals surface area (Å²) in [7, 11) is 0. The van der Waals surface area contributed by atoms with Gasteiger partial charge < -0.3 is 32.1 Å². The number of aromatic nitrogens is 2. The Bertz CT molecular complexity index is 1520. The van der Waals surface area contributed by atoms with Crippen molar-refractivity contribution in [2.45, 2.75) is 58.1 Å². The minimum Gasteiger partial charge on any atom is -0.368 e. The van der Waals surface area contributed by atoms with E-state index in [9.17, 15) is 14.4 Å². The van der Waals surface area contributed by atoms with Crippen LogP contribution < -0.4 is 22.1 Å². The van der Waals surface area contributed by atoms with Crippen LogP contribution in [-0.2, 0) is 27.2 Å². The summed E-state index contributed by atoms with van der Waals surface area (Å²) in [5, 5.41) is 7.13. The standard InChI is InChI=1S/C28H34N6O3/c1-15-19(17-9-5-7-11-21(17)31-15)13-23(25(29)35)33-26(36)24(34-27(37)28(3,4)30)14-20-16(2)32-22-12-8-6-10-18(20)22/h5-12,23-24,31-32H,13-14,30H2,1-4H3,(H2,29,35)(H,33,36)(H,34,37)/t23-,24-/m0/s1/i1D,2D. The Balaban J connectivity index is 1.65. The van der Waals surface area contributed by atoms with Gasteiger partial charge in [0.05, 0.1) is 5.54 Å². The first-order chi connectivity index (χ1) is 18.5. The number of amides is 3. The van der Waals surface area contributed by atoms with Gasteiger partial charge in [-0.25, -0.2) is 0 Å². The lowest BCUT2D eigenvalue weighted by atomic mass is 9.98. The molecular weight excluding hydrogens is 468 g/mol. The molecule has 9 heteroatoms. The van der Waals surface area contributed by atoms with E-state index in [2.05, 4.69) is 20.6 Å². The Morgan fingerprint density at radius 1 is 0.865 bits per heavy atom. The number of H-pyrrole nitrogens is 2. The molecule has 0 saturated carbocycles. The van der Waals surface area contributed by atoms with E-state index in [1.807, 2.05) is 48.5 Å². The van der Waals surface area contributed by atoms with Crippen molar-refractivity contribution in [3.8, 4) is 0 Å². The number of carbonyl (C=O) groups excluding carboxylic acids is 3. The van der Waals surface area contributed by atoms with Crippen molar-refractivity contribution in [3.05, 3.63) is 71.0 Å². The van der Waals surface area contributed by atoms with Gasteiger partial charge in [0.1, 0.15) is 12.1 Å². The van der Waals surface area contributed by atoms with Crippen molar-refractivity contribution >= 4 is 39.5 Å². The Hall–Kier alpha value is -4.11. The van der Waals surface area contributed by atoms with Crippen molar-refractivity contribution in [2.75, 3.05) is 0 Å². The number of para-hydroxylation sites is 2. The highest BCUT2D eigenvalue weighted by molar-refractivity contribution is 5.95. The van der Waals surface area contributed by atoms with Gasteiger partial charge >= 0.3 is 0 Å². The van der Waals surface area contributed by atoms with Gasteiger partial charge in [-0.3, -0.25) is 14.4 Å². The van der Waals surface area contributed by atoms with E-state index in [1.165, 1.54) is 13.8 Å². The van der Waals surface area contributed by atoms with Gasteiger partial charge in [-0.1, -0.05) is 36.4 Å². The number of hydrogen-bond acceptors (Lipinski definition) is 4. The summed E-state index contributed by atoms with van der Waals surface area (Å²) in [4.78, 5) is 45.4. The van der Waals surface area contributed by atoms with Crippen LogP contribution in [0.1, 0.15) is 39.1 Å². The highest BCUT2D eigenvalue weighted by Gasteiger charge is 2.31. The SMILES string of the molecule is [2H]Cc1[nH]c2ccccc2c1C[C@H](NC(=O)[C@H](Cc1c(C[2H])[nH]c2ccccc12)NC(=O)C(C)(C)N)C(N)=O. The topological polar surface area (TPSA) is 159 Å². The molecule has 0 aliphatic carbocycles. The predicted octanol–water partition coefficient (Wildman–Crippen LogP) is 2.24. The quantitative estimate of drug-likeness (QED) is 0.206. The normalized spacial score (nSPS) is 14.1. The second-order valence-corrected chi connectivity index (χ2v) is 9.87. The fourth-order valence-corrected chi connectivity index (χ4v) is 4.43. The van der Waals surface area contributed by atoms with E-state index in [1.54, 1.807) is 0 Å². The van der Waals surface area contributed by atoms with Gasteiger partial charge in [-0.15, -0.1) is 0 Å². The molecule has 194 valence electrons. The van der Waals surface area contributed by atoms with E-state index >= 15 is 0 Å². The molecule has 37 heavy (non-hydrogen) atoms.